The molecule has 2 aliphatic rings. The molecule has 2 unspecified atom stereocenters. The number of likely N-dealkylation sites (tertiary alicyclic amines) is 1. The molecule has 0 spiro atoms. The van der Waals surface area contributed by atoms with Gasteiger partial charge in [0.1, 0.15) is 0 Å². The highest BCUT2D eigenvalue weighted by atomic mass is 32.2. The highest BCUT2D eigenvalue weighted by Crippen LogP contribution is 2.19. The van der Waals surface area contributed by atoms with Gasteiger partial charge in [-0.1, -0.05) is 6.42 Å². The Hall–Kier alpha value is -0.660. The van der Waals surface area contributed by atoms with Gasteiger partial charge in [0, 0.05) is 38.1 Å². The van der Waals surface area contributed by atoms with Gasteiger partial charge in [-0.3, -0.25) is 4.79 Å². The van der Waals surface area contributed by atoms with Crippen LogP contribution in [0, 0.1) is 0 Å². The van der Waals surface area contributed by atoms with Crippen LogP contribution in [0.2, 0.25) is 0 Å². The first-order valence-electron chi connectivity index (χ1n) is 7.47. The molecule has 0 aromatic heterocycles. The van der Waals surface area contributed by atoms with E-state index in [1.165, 1.54) is 0 Å². The maximum atomic E-state index is 12.4. The Morgan fingerprint density at radius 1 is 1.30 bits per heavy atom. The fourth-order valence-corrected chi connectivity index (χ4v) is 4.68. The van der Waals surface area contributed by atoms with E-state index in [1.54, 1.807) is 9.21 Å². The third-order valence-electron chi connectivity index (χ3n) is 4.07. The van der Waals surface area contributed by atoms with Crippen LogP contribution >= 0.6 is 0 Å². The van der Waals surface area contributed by atoms with Crippen LogP contribution in [-0.2, 0) is 15.0 Å². The zero-order valence-electron chi connectivity index (χ0n) is 12.3. The number of rotatable bonds is 5. The van der Waals surface area contributed by atoms with Gasteiger partial charge in [-0.15, -0.1) is 0 Å². The molecule has 116 valence electrons. The third kappa shape index (κ3) is 3.71. The average molecular weight is 303 g/mol. The van der Waals surface area contributed by atoms with Crippen molar-refractivity contribution in [2.24, 2.45) is 0 Å². The van der Waals surface area contributed by atoms with Crippen molar-refractivity contribution < 1.29 is 13.2 Å². The molecule has 1 amide bonds. The Morgan fingerprint density at radius 2 is 2.05 bits per heavy atom. The Balaban J connectivity index is 1.91. The quantitative estimate of drug-likeness (QED) is 0.813. The Kier molecular flexibility index (Phi) is 5.04. The second kappa shape index (κ2) is 6.41. The smallest absolute Gasteiger partial charge is 0.279 e. The van der Waals surface area contributed by atoms with Gasteiger partial charge in [-0.05, 0) is 33.1 Å². The molecular weight excluding hydrogens is 278 g/mol. The van der Waals surface area contributed by atoms with E-state index in [9.17, 15) is 13.2 Å². The molecule has 0 saturated carbocycles. The lowest BCUT2D eigenvalue weighted by Gasteiger charge is -2.33. The van der Waals surface area contributed by atoms with Crippen LogP contribution in [0.15, 0.2) is 0 Å². The summed E-state index contributed by atoms with van der Waals surface area (Å²) < 4.78 is 29.0. The van der Waals surface area contributed by atoms with Crippen LogP contribution in [0.1, 0.15) is 46.0 Å². The van der Waals surface area contributed by atoms with Gasteiger partial charge in [0.2, 0.25) is 5.91 Å². The third-order valence-corrected chi connectivity index (χ3v) is 5.93. The van der Waals surface area contributed by atoms with Crippen molar-refractivity contribution in [2.45, 2.75) is 58.0 Å². The maximum Gasteiger partial charge on any atom is 0.279 e. The van der Waals surface area contributed by atoms with E-state index in [-0.39, 0.29) is 18.0 Å². The fraction of sp³-hybridized carbons (Fsp3) is 0.923. The van der Waals surface area contributed by atoms with Gasteiger partial charge >= 0.3 is 0 Å². The number of hydrogen-bond donors (Lipinski definition) is 1. The molecule has 0 radical (unpaired) electrons. The zero-order chi connectivity index (χ0) is 14.8. The summed E-state index contributed by atoms with van der Waals surface area (Å²) in [4.78, 5) is 13.3. The fourth-order valence-electron chi connectivity index (χ4n) is 3.02. The van der Waals surface area contributed by atoms with Gasteiger partial charge < -0.3 is 4.90 Å². The molecule has 2 rings (SSSR count). The Morgan fingerprint density at radius 3 is 2.65 bits per heavy atom. The normalized spacial score (nSPS) is 27.0. The average Bonchev–Trinajstić information content (AvgIpc) is 2.74. The molecule has 7 heteroatoms. The first-order valence-corrected chi connectivity index (χ1v) is 8.91. The van der Waals surface area contributed by atoms with E-state index >= 15 is 0 Å². The van der Waals surface area contributed by atoms with E-state index < -0.39 is 10.2 Å². The molecule has 2 heterocycles. The number of hydrogen-bond acceptors (Lipinski definition) is 3. The molecule has 2 atom stereocenters. The van der Waals surface area contributed by atoms with Crippen LogP contribution in [0.4, 0.5) is 0 Å². The van der Waals surface area contributed by atoms with Crippen LogP contribution in [-0.4, -0.2) is 55.2 Å². The predicted octanol–water partition coefficient (Wildman–Crippen LogP) is 0.706. The molecule has 2 fully saturated rings. The minimum atomic E-state index is -3.45. The highest BCUT2D eigenvalue weighted by molar-refractivity contribution is 7.87. The Bertz CT molecular complexity index is 452. The first-order chi connectivity index (χ1) is 9.40. The van der Waals surface area contributed by atoms with E-state index in [0.29, 0.717) is 19.5 Å². The Labute approximate surface area is 121 Å². The summed E-state index contributed by atoms with van der Waals surface area (Å²) in [6.45, 7) is 5.56. The SMILES string of the molecule is CC(CN1CCCC1=O)NS(=O)(=O)N1CCCCC1C. The molecule has 0 aromatic rings. The van der Waals surface area contributed by atoms with Crippen LogP contribution in [0.25, 0.3) is 0 Å². The van der Waals surface area contributed by atoms with E-state index in [2.05, 4.69) is 4.72 Å². The monoisotopic (exact) mass is 303 g/mol. The van der Waals surface area contributed by atoms with Gasteiger partial charge in [-0.2, -0.15) is 17.4 Å². The molecule has 0 bridgehead atoms. The first kappa shape index (κ1) is 15.7. The maximum absolute atomic E-state index is 12.4. The summed E-state index contributed by atoms with van der Waals surface area (Å²) in [6, 6.07) is -0.196. The van der Waals surface area contributed by atoms with Gasteiger partial charge in [-0.25, -0.2) is 0 Å². The van der Waals surface area contributed by atoms with E-state index in [1.807, 2.05) is 13.8 Å². The standard InChI is InChI=1S/C13H25N3O3S/c1-11(10-15-8-5-7-13(15)17)14-20(18,19)16-9-4-3-6-12(16)2/h11-12,14H,3-10H2,1-2H3. The zero-order valence-corrected chi connectivity index (χ0v) is 13.2. The van der Waals surface area contributed by atoms with Crippen molar-refractivity contribution >= 4 is 16.1 Å². The predicted molar refractivity (Wildman–Crippen MR) is 77.4 cm³/mol. The number of carbonyl (C=O) groups excluding carboxylic acids is 1. The molecule has 0 aromatic carbocycles. The lowest BCUT2D eigenvalue weighted by Crippen LogP contribution is -2.52. The van der Waals surface area contributed by atoms with Gasteiger partial charge in [0.05, 0.1) is 0 Å². The van der Waals surface area contributed by atoms with Crippen molar-refractivity contribution in [1.29, 1.82) is 0 Å². The summed E-state index contributed by atoms with van der Waals surface area (Å²) in [5, 5.41) is 0. The topological polar surface area (TPSA) is 69.7 Å². The minimum absolute atomic E-state index is 0.0573. The molecule has 2 saturated heterocycles. The van der Waals surface area contributed by atoms with Crippen molar-refractivity contribution in [1.82, 2.24) is 13.9 Å². The summed E-state index contributed by atoms with van der Waals surface area (Å²) in [5.74, 6) is 0.127. The van der Waals surface area contributed by atoms with Crippen LogP contribution < -0.4 is 4.72 Å². The van der Waals surface area contributed by atoms with Gasteiger partial charge in [0.25, 0.3) is 10.2 Å². The van der Waals surface area contributed by atoms with Gasteiger partial charge in [0.15, 0.2) is 0 Å². The number of amides is 1. The summed E-state index contributed by atoms with van der Waals surface area (Å²) >= 11 is 0. The van der Waals surface area contributed by atoms with Crippen molar-refractivity contribution in [2.75, 3.05) is 19.6 Å². The molecule has 6 nitrogen and oxygen atoms in total. The molecule has 1 N–H and O–H groups in total. The number of nitrogens with zero attached hydrogens (tertiary/aromatic N) is 2. The summed E-state index contributed by atoms with van der Waals surface area (Å²) in [7, 11) is -3.45. The highest BCUT2D eigenvalue weighted by Gasteiger charge is 2.31. The molecule has 20 heavy (non-hydrogen) atoms. The number of nitrogens with one attached hydrogen (secondary N) is 1. The molecule has 0 aliphatic carbocycles. The number of carbonyl (C=O) groups is 1. The molecular formula is C13H25N3O3S. The summed E-state index contributed by atoms with van der Waals surface area (Å²) in [5.41, 5.74) is 0. The van der Waals surface area contributed by atoms with Crippen molar-refractivity contribution in [3.05, 3.63) is 0 Å². The lowest BCUT2D eigenvalue weighted by atomic mass is 10.1. The molecule has 2 aliphatic heterocycles. The van der Waals surface area contributed by atoms with Crippen molar-refractivity contribution in [3.8, 4) is 0 Å². The van der Waals surface area contributed by atoms with Crippen molar-refractivity contribution in [3.63, 3.8) is 0 Å². The van der Waals surface area contributed by atoms with E-state index in [4.69, 9.17) is 0 Å². The second-order valence-electron chi connectivity index (χ2n) is 5.92. The van der Waals surface area contributed by atoms with E-state index in [0.717, 1.165) is 32.2 Å². The van der Waals surface area contributed by atoms with Crippen LogP contribution in [0.3, 0.4) is 0 Å². The number of piperidine rings is 1. The summed E-state index contributed by atoms with van der Waals surface area (Å²) in [6.07, 6.45) is 4.39. The largest absolute Gasteiger partial charge is 0.341 e. The van der Waals surface area contributed by atoms with Crippen LogP contribution in [0.5, 0.6) is 0 Å². The second-order valence-corrected chi connectivity index (χ2v) is 7.58. The minimum Gasteiger partial charge on any atom is -0.341 e. The lowest BCUT2D eigenvalue weighted by molar-refractivity contribution is -0.127.